The Hall–Kier alpha value is -2.60. The molecule has 5 nitrogen and oxygen atoms in total. The van der Waals surface area contributed by atoms with Crippen molar-refractivity contribution in [1.29, 1.82) is 0 Å². The van der Waals surface area contributed by atoms with E-state index in [-0.39, 0.29) is 11.7 Å². The molecule has 6 heteroatoms. The molecule has 0 saturated carbocycles. The van der Waals surface area contributed by atoms with Gasteiger partial charge in [0, 0.05) is 12.7 Å². The first-order chi connectivity index (χ1) is 11.7. The van der Waals surface area contributed by atoms with Crippen molar-refractivity contribution in [3.8, 4) is 0 Å². The highest BCUT2D eigenvalue weighted by atomic mass is 32.2. The van der Waals surface area contributed by atoms with Gasteiger partial charge < -0.3 is 9.32 Å². The first-order valence-corrected chi connectivity index (χ1v) is 8.51. The first-order valence-electron chi connectivity index (χ1n) is 7.53. The lowest BCUT2D eigenvalue weighted by molar-refractivity contribution is -0.115. The summed E-state index contributed by atoms with van der Waals surface area (Å²) in [4.78, 5) is 13.8. The molecule has 3 aromatic rings. The van der Waals surface area contributed by atoms with Crippen LogP contribution in [0.25, 0.3) is 0 Å². The molecule has 3 rings (SSSR count). The number of anilines is 1. The van der Waals surface area contributed by atoms with Crippen LogP contribution in [0.3, 0.4) is 0 Å². The molecular weight excluding hydrogens is 322 g/mol. The summed E-state index contributed by atoms with van der Waals surface area (Å²) in [6, 6.07) is 19.4. The molecule has 0 fully saturated rings. The van der Waals surface area contributed by atoms with Gasteiger partial charge in [-0.1, -0.05) is 60.3 Å². The van der Waals surface area contributed by atoms with Gasteiger partial charge in [-0.15, -0.1) is 10.2 Å². The number of rotatable bonds is 6. The van der Waals surface area contributed by atoms with Crippen molar-refractivity contribution in [2.24, 2.45) is 0 Å². The Morgan fingerprint density at radius 1 is 1.04 bits per heavy atom. The predicted octanol–water partition coefficient (Wildman–Crippen LogP) is 3.42. The van der Waals surface area contributed by atoms with Gasteiger partial charge in [-0.3, -0.25) is 4.79 Å². The zero-order valence-electron chi connectivity index (χ0n) is 13.3. The third-order valence-corrected chi connectivity index (χ3v) is 4.29. The van der Waals surface area contributed by atoms with Gasteiger partial charge in [-0.25, -0.2) is 0 Å². The second kappa shape index (κ2) is 7.79. The number of para-hydroxylation sites is 1. The first kappa shape index (κ1) is 16.3. The molecule has 0 saturated heterocycles. The molecule has 24 heavy (non-hydrogen) atoms. The number of amides is 1. The van der Waals surface area contributed by atoms with Crippen molar-refractivity contribution in [2.45, 2.75) is 11.6 Å². The maximum absolute atomic E-state index is 12.2. The fraction of sp³-hybridized carbons (Fsp3) is 0.167. The Bertz CT molecular complexity index is 790. The summed E-state index contributed by atoms with van der Waals surface area (Å²) in [5.41, 5.74) is 1.97. The molecule has 1 heterocycles. The second-order valence-electron chi connectivity index (χ2n) is 5.20. The van der Waals surface area contributed by atoms with Crippen LogP contribution in [0.5, 0.6) is 0 Å². The second-order valence-corrected chi connectivity index (χ2v) is 6.13. The quantitative estimate of drug-likeness (QED) is 0.644. The molecule has 0 aliphatic heterocycles. The lowest BCUT2D eigenvalue weighted by Gasteiger charge is -2.16. The lowest BCUT2D eigenvalue weighted by atomic mass is 10.2. The Kier molecular flexibility index (Phi) is 5.28. The predicted molar refractivity (Wildman–Crippen MR) is 94.1 cm³/mol. The van der Waals surface area contributed by atoms with Crippen molar-refractivity contribution >= 4 is 23.4 Å². The monoisotopic (exact) mass is 339 g/mol. The Labute approximate surface area is 144 Å². The number of hydrogen-bond acceptors (Lipinski definition) is 5. The summed E-state index contributed by atoms with van der Waals surface area (Å²) in [5.74, 6) is 0.778. The highest BCUT2D eigenvalue weighted by Crippen LogP contribution is 2.19. The molecule has 0 aliphatic carbocycles. The summed E-state index contributed by atoms with van der Waals surface area (Å²) in [6.45, 7) is 0. The van der Waals surface area contributed by atoms with Gasteiger partial charge in [0.1, 0.15) is 0 Å². The topological polar surface area (TPSA) is 59.2 Å². The average molecular weight is 339 g/mol. The fourth-order valence-corrected chi connectivity index (χ4v) is 2.85. The molecule has 122 valence electrons. The van der Waals surface area contributed by atoms with Crippen molar-refractivity contribution in [3.63, 3.8) is 0 Å². The van der Waals surface area contributed by atoms with Gasteiger partial charge in [0.05, 0.1) is 12.2 Å². The third kappa shape index (κ3) is 4.23. The molecule has 0 radical (unpaired) electrons. The summed E-state index contributed by atoms with van der Waals surface area (Å²) in [7, 11) is 1.76. The normalized spacial score (nSPS) is 10.5. The maximum atomic E-state index is 12.2. The minimum absolute atomic E-state index is 0.0194. The van der Waals surface area contributed by atoms with E-state index in [2.05, 4.69) is 10.2 Å². The zero-order valence-corrected chi connectivity index (χ0v) is 14.1. The van der Waals surface area contributed by atoms with Crippen LogP contribution in [0.1, 0.15) is 11.5 Å². The number of carbonyl (C=O) groups excluding carboxylic acids is 1. The largest absolute Gasteiger partial charge is 0.416 e. The molecular formula is C18H17N3O2S. The maximum Gasteiger partial charge on any atom is 0.277 e. The van der Waals surface area contributed by atoms with Crippen LogP contribution in [0.15, 0.2) is 70.3 Å². The van der Waals surface area contributed by atoms with E-state index in [0.29, 0.717) is 17.5 Å². The van der Waals surface area contributed by atoms with Crippen molar-refractivity contribution in [3.05, 3.63) is 72.1 Å². The van der Waals surface area contributed by atoms with E-state index in [0.717, 1.165) is 11.3 Å². The minimum atomic E-state index is -0.0194. The van der Waals surface area contributed by atoms with Crippen molar-refractivity contribution in [2.75, 3.05) is 17.7 Å². The molecule has 0 N–H and O–H groups in total. The van der Waals surface area contributed by atoms with E-state index in [1.54, 1.807) is 11.9 Å². The van der Waals surface area contributed by atoms with Gasteiger partial charge in [0.2, 0.25) is 11.8 Å². The number of aromatic nitrogens is 2. The van der Waals surface area contributed by atoms with E-state index in [9.17, 15) is 4.79 Å². The number of carbonyl (C=O) groups is 1. The van der Waals surface area contributed by atoms with Gasteiger partial charge >= 0.3 is 0 Å². The zero-order chi connectivity index (χ0) is 16.8. The number of thioether (sulfide) groups is 1. The number of benzene rings is 2. The highest BCUT2D eigenvalue weighted by Gasteiger charge is 2.14. The van der Waals surface area contributed by atoms with E-state index in [4.69, 9.17) is 4.42 Å². The number of hydrogen-bond donors (Lipinski definition) is 0. The Morgan fingerprint density at radius 2 is 1.71 bits per heavy atom. The average Bonchev–Trinajstić information content (AvgIpc) is 3.08. The van der Waals surface area contributed by atoms with E-state index in [1.807, 2.05) is 60.7 Å². The van der Waals surface area contributed by atoms with Gasteiger partial charge in [-0.2, -0.15) is 0 Å². The molecule has 1 amide bonds. The summed E-state index contributed by atoms with van der Waals surface area (Å²) < 4.78 is 5.59. The fourth-order valence-electron chi connectivity index (χ4n) is 2.15. The van der Waals surface area contributed by atoms with Crippen LogP contribution >= 0.6 is 11.8 Å². The lowest BCUT2D eigenvalue weighted by Crippen LogP contribution is -2.27. The Balaban J connectivity index is 1.54. The van der Waals surface area contributed by atoms with Crippen LogP contribution in [0.2, 0.25) is 0 Å². The molecule has 0 aliphatic rings. The van der Waals surface area contributed by atoms with Crippen molar-refractivity contribution < 1.29 is 9.21 Å². The highest BCUT2D eigenvalue weighted by molar-refractivity contribution is 7.99. The summed E-state index contributed by atoms with van der Waals surface area (Å²) in [6.07, 6.45) is 0.590. The van der Waals surface area contributed by atoms with Crippen LogP contribution in [0.4, 0.5) is 5.69 Å². The molecule has 0 bridgehead atoms. The molecule has 1 aromatic heterocycles. The Morgan fingerprint density at radius 3 is 2.42 bits per heavy atom. The van der Waals surface area contributed by atoms with Crippen LogP contribution < -0.4 is 4.90 Å². The molecule has 0 unspecified atom stereocenters. The molecule has 0 spiro atoms. The smallest absolute Gasteiger partial charge is 0.277 e. The molecule has 0 atom stereocenters. The van der Waals surface area contributed by atoms with Gasteiger partial charge in [0.15, 0.2) is 0 Å². The summed E-state index contributed by atoms with van der Waals surface area (Å²) >= 11 is 1.25. The van der Waals surface area contributed by atoms with Crippen molar-refractivity contribution in [1.82, 2.24) is 10.2 Å². The SMILES string of the molecule is CN(C(=O)CSc1nnc(Cc2ccccc2)o1)c1ccccc1. The number of nitrogens with zero attached hydrogens (tertiary/aromatic N) is 3. The minimum Gasteiger partial charge on any atom is -0.416 e. The van der Waals surface area contributed by atoms with Crippen LogP contribution in [-0.4, -0.2) is 28.9 Å². The standard InChI is InChI=1S/C18H17N3O2S/c1-21(15-10-6-3-7-11-15)17(22)13-24-18-20-19-16(23-18)12-14-8-4-2-5-9-14/h2-11H,12-13H2,1H3. The van der Waals surface area contributed by atoms with Crippen LogP contribution in [0, 0.1) is 0 Å². The molecule has 2 aromatic carbocycles. The van der Waals surface area contributed by atoms with E-state index in [1.165, 1.54) is 11.8 Å². The van der Waals surface area contributed by atoms with E-state index < -0.39 is 0 Å². The van der Waals surface area contributed by atoms with E-state index >= 15 is 0 Å². The van der Waals surface area contributed by atoms with Gasteiger partial charge in [0.25, 0.3) is 5.22 Å². The van der Waals surface area contributed by atoms with Gasteiger partial charge in [-0.05, 0) is 17.7 Å². The van der Waals surface area contributed by atoms with Crippen LogP contribution in [-0.2, 0) is 11.2 Å². The summed E-state index contributed by atoms with van der Waals surface area (Å²) in [5, 5.41) is 8.43. The third-order valence-electron chi connectivity index (χ3n) is 3.48.